The Hall–Kier alpha value is 1.27. The number of hydrogen-bond acceptors (Lipinski definition) is 4. The fourth-order valence-corrected chi connectivity index (χ4v) is 0. The zero-order valence-corrected chi connectivity index (χ0v) is 6.13. The molecule has 0 aliphatic rings. The summed E-state index contributed by atoms with van der Waals surface area (Å²) in [5, 5.41) is 0. The minimum atomic E-state index is -2.62. The minimum absolute atomic E-state index is 0. The Bertz CT molecular complexity index is 12.3. The molecule has 4 nitrogen and oxygen atoms in total. The molecule has 0 atom stereocenters. The smallest absolute Gasteiger partial charge is 0.870 e. The van der Waals surface area contributed by atoms with Gasteiger partial charge in [0.15, 0.2) is 0 Å². The first kappa shape index (κ1) is 15.7. The van der Waals surface area contributed by atoms with Crippen molar-refractivity contribution in [2.75, 3.05) is 0 Å². The van der Waals surface area contributed by atoms with Gasteiger partial charge in [0.2, 0.25) is 0 Å². The molecule has 0 spiro atoms. The molecule has 0 aromatic rings. The van der Waals surface area contributed by atoms with Gasteiger partial charge in [0.25, 0.3) is 0 Å². The summed E-state index contributed by atoms with van der Waals surface area (Å²) >= 11 is 0. The van der Waals surface area contributed by atoms with E-state index in [1.807, 2.05) is 0 Å². The van der Waals surface area contributed by atoms with Gasteiger partial charge in [-0.25, -0.2) is 0 Å². The molecule has 0 aliphatic carbocycles. The summed E-state index contributed by atoms with van der Waals surface area (Å²) in [5.74, 6) is 0. The summed E-state index contributed by atoms with van der Waals surface area (Å²) in [4.78, 5) is 21.7. The fourth-order valence-electron chi connectivity index (χ4n) is 0. The molecule has 6 heavy (non-hydrogen) atoms. The van der Waals surface area contributed by atoms with Gasteiger partial charge in [-0.05, 0) is 0 Å². The van der Waals surface area contributed by atoms with E-state index in [-0.39, 0.29) is 35.0 Å². The SMILES string of the molecule is OP(O)O.[Na+].[OH-]. The van der Waals surface area contributed by atoms with Gasteiger partial charge in [-0.3, -0.25) is 0 Å². The number of hydrogen-bond donors (Lipinski definition) is 3. The summed E-state index contributed by atoms with van der Waals surface area (Å²) in [6, 6.07) is 0. The molecule has 0 amide bonds. The van der Waals surface area contributed by atoms with Crippen LogP contribution in [0.5, 0.6) is 0 Å². The van der Waals surface area contributed by atoms with Gasteiger partial charge in [0.1, 0.15) is 0 Å². The first-order valence-corrected chi connectivity index (χ1v) is 1.80. The molecule has 0 radical (unpaired) electrons. The van der Waals surface area contributed by atoms with Gasteiger partial charge in [-0.1, -0.05) is 0 Å². The van der Waals surface area contributed by atoms with Crippen LogP contribution >= 0.6 is 8.60 Å². The van der Waals surface area contributed by atoms with Crippen molar-refractivity contribution < 1.29 is 49.7 Å². The summed E-state index contributed by atoms with van der Waals surface area (Å²) in [7, 11) is -2.62. The van der Waals surface area contributed by atoms with Crippen molar-refractivity contribution in [1.29, 1.82) is 0 Å². The van der Waals surface area contributed by atoms with E-state index in [2.05, 4.69) is 0 Å². The molecule has 0 fully saturated rings. The Morgan fingerprint density at radius 3 is 1.00 bits per heavy atom. The molecule has 0 heterocycles. The predicted molar refractivity (Wildman–Crippen MR) is 15.5 cm³/mol. The van der Waals surface area contributed by atoms with E-state index in [0.717, 1.165) is 0 Å². The van der Waals surface area contributed by atoms with Crippen LogP contribution in [0.2, 0.25) is 0 Å². The molecule has 0 aliphatic heterocycles. The van der Waals surface area contributed by atoms with Crippen LogP contribution in [0.4, 0.5) is 0 Å². The average Bonchev–Trinajstić information content (AvgIpc) is 0.811. The Labute approximate surface area is 58.4 Å². The first-order chi connectivity index (χ1) is 1.73. The van der Waals surface area contributed by atoms with Crippen LogP contribution in [-0.4, -0.2) is 20.2 Å². The molecule has 0 bridgehead atoms. The molecule has 0 saturated heterocycles. The molecule has 0 aromatic carbocycles. The summed E-state index contributed by atoms with van der Waals surface area (Å²) < 4.78 is 0. The molecule has 0 rings (SSSR count). The van der Waals surface area contributed by atoms with Gasteiger partial charge < -0.3 is 20.2 Å². The molecule has 0 aromatic heterocycles. The molecule has 0 unspecified atom stereocenters. The maximum absolute atomic E-state index is 7.23. The monoisotopic (exact) mass is 122 g/mol. The largest absolute Gasteiger partial charge is 1.00 e. The van der Waals surface area contributed by atoms with Crippen molar-refractivity contribution in [2.45, 2.75) is 0 Å². The van der Waals surface area contributed by atoms with Gasteiger partial charge >= 0.3 is 38.2 Å². The zero-order valence-electron chi connectivity index (χ0n) is 3.24. The van der Waals surface area contributed by atoms with Crippen LogP contribution in [0.1, 0.15) is 0 Å². The third-order valence-corrected chi connectivity index (χ3v) is 0. The topological polar surface area (TPSA) is 90.7 Å². The van der Waals surface area contributed by atoms with Crippen LogP contribution < -0.4 is 29.6 Å². The van der Waals surface area contributed by atoms with Crippen molar-refractivity contribution in [1.82, 2.24) is 0 Å². The van der Waals surface area contributed by atoms with Gasteiger partial charge in [0, 0.05) is 0 Å². The molecular weight excluding hydrogens is 118 g/mol. The quantitative estimate of drug-likeness (QED) is 0.225. The van der Waals surface area contributed by atoms with Gasteiger partial charge in [-0.2, -0.15) is 0 Å². The van der Waals surface area contributed by atoms with Gasteiger partial charge in [0.05, 0.1) is 0 Å². The number of rotatable bonds is 0. The van der Waals surface area contributed by atoms with Crippen LogP contribution in [-0.2, 0) is 0 Å². The van der Waals surface area contributed by atoms with Crippen molar-refractivity contribution in [3.05, 3.63) is 0 Å². The maximum Gasteiger partial charge on any atom is 1.00 e. The van der Waals surface area contributed by atoms with Crippen LogP contribution in [0.3, 0.4) is 0 Å². The second kappa shape index (κ2) is 9.55. The molecule has 4 N–H and O–H groups in total. The molecule has 0 saturated carbocycles. The van der Waals surface area contributed by atoms with Gasteiger partial charge in [-0.15, -0.1) is 0 Å². The average molecular weight is 122 g/mol. The molecular formula is H4NaO4P. The first-order valence-electron chi connectivity index (χ1n) is 0.600. The minimum Gasteiger partial charge on any atom is -0.870 e. The Balaban J connectivity index is -0.0000000450. The van der Waals surface area contributed by atoms with Crippen LogP contribution in [0, 0.1) is 0 Å². The fraction of sp³-hybridized carbons (Fsp3) is 0. The van der Waals surface area contributed by atoms with E-state index >= 15 is 0 Å². The van der Waals surface area contributed by atoms with Crippen LogP contribution in [0.15, 0.2) is 0 Å². The van der Waals surface area contributed by atoms with E-state index in [1.54, 1.807) is 0 Å². The second-order valence-electron chi connectivity index (χ2n) is 0.268. The summed E-state index contributed by atoms with van der Waals surface area (Å²) in [6.45, 7) is 0. The standard InChI is InChI=1S/Na.H3O3P.H2O/c;1-4(2)3;/h;1-3H;1H2/q+1;;/p-1. The molecule has 34 valence electrons. The Morgan fingerprint density at radius 2 is 1.00 bits per heavy atom. The zero-order chi connectivity index (χ0) is 3.58. The summed E-state index contributed by atoms with van der Waals surface area (Å²) in [5.41, 5.74) is 0. The third kappa shape index (κ3) is 59.6. The Morgan fingerprint density at radius 1 is 1.00 bits per heavy atom. The second-order valence-corrected chi connectivity index (χ2v) is 0.805. The third-order valence-electron chi connectivity index (χ3n) is 0. The van der Waals surface area contributed by atoms with Crippen molar-refractivity contribution >= 4 is 8.60 Å². The van der Waals surface area contributed by atoms with E-state index in [0.29, 0.717) is 0 Å². The van der Waals surface area contributed by atoms with Crippen molar-refractivity contribution in [3.63, 3.8) is 0 Å². The van der Waals surface area contributed by atoms with Crippen molar-refractivity contribution in [2.24, 2.45) is 0 Å². The van der Waals surface area contributed by atoms with Crippen LogP contribution in [0.25, 0.3) is 0 Å². The predicted octanol–water partition coefficient (Wildman–Crippen LogP) is -3.98. The van der Waals surface area contributed by atoms with E-state index < -0.39 is 8.60 Å². The van der Waals surface area contributed by atoms with E-state index in [1.165, 1.54) is 0 Å². The Kier molecular flexibility index (Phi) is 25.0. The van der Waals surface area contributed by atoms with E-state index in [9.17, 15) is 0 Å². The van der Waals surface area contributed by atoms with E-state index in [4.69, 9.17) is 14.7 Å². The summed E-state index contributed by atoms with van der Waals surface area (Å²) in [6.07, 6.45) is 0. The maximum atomic E-state index is 7.23. The molecule has 6 heteroatoms. The normalized spacial score (nSPS) is 6.00. The van der Waals surface area contributed by atoms with Crippen molar-refractivity contribution in [3.8, 4) is 0 Å².